The highest BCUT2D eigenvalue weighted by Gasteiger charge is 2.13. The lowest BCUT2D eigenvalue weighted by Crippen LogP contribution is -2.41. The quantitative estimate of drug-likeness (QED) is 0.549. The number of rotatable bonds is 7. The molecule has 0 spiro atoms. The topological polar surface area (TPSA) is 111 Å². The lowest BCUT2D eigenvalue weighted by atomic mass is 10.3. The van der Waals surface area contributed by atoms with Gasteiger partial charge in [0.05, 0.1) is 18.0 Å². The van der Waals surface area contributed by atoms with Crippen LogP contribution in [-0.4, -0.2) is 58.2 Å². The molecule has 0 atom stereocenters. The number of carbonyl (C=O) groups excluding carboxylic acids is 2. The number of thioether (sulfide) groups is 1. The maximum atomic E-state index is 11.8. The van der Waals surface area contributed by atoms with Gasteiger partial charge in [0.1, 0.15) is 0 Å². The van der Waals surface area contributed by atoms with Gasteiger partial charge < -0.3 is 10.1 Å². The summed E-state index contributed by atoms with van der Waals surface area (Å²) in [6, 6.07) is 6.36. The second-order valence-electron chi connectivity index (χ2n) is 4.44. The number of imide groups is 1. The van der Waals surface area contributed by atoms with Crippen molar-refractivity contribution < 1.29 is 14.3 Å². The number of methoxy groups -OCH3 is 1. The highest BCUT2D eigenvalue weighted by Crippen LogP contribution is 2.19. The van der Waals surface area contributed by atoms with Crippen LogP contribution in [0.25, 0.3) is 5.69 Å². The average Bonchev–Trinajstić information content (AvgIpc) is 3.02. The number of halogens is 1. The fourth-order valence-corrected chi connectivity index (χ4v) is 2.43. The van der Waals surface area contributed by atoms with Crippen LogP contribution in [0.5, 0.6) is 0 Å². The van der Waals surface area contributed by atoms with Crippen LogP contribution in [0.4, 0.5) is 4.79 Å². The Morgan fingerprint density at radius 3 is 2.79 bits per heavy atom. The molecule has 1 heterocycles. The third-order valence-electron chi connectivity index (χ3n) is 2.69. The van der Waals surface area contributed by atoms with Crippen LogP contribution in [-0.2, 0) is 9.53 Å². The fourth-order valence-electron chi connectivity index (χ4n) is 1.62. The van der Waals surface area contributed by atoms with E-state index in [9.17, 15) is 9.59 Å². The van der Waals surface area contributed by atoms with Crippen molar-refractivity contribution in [1.29, 1.82) is 0 Å². The molecule has 2 rings (SSSR count). The van der Waals surface area contributed by atoms with Gasteiger partial charge in [0.25, 0.3) is 0 Å². The van der Waals surface area contributed by atoms with Gasteiger partial charge in [-0.25, -0.2) is 4.79 Å². The van der Waals surface area contributed by atoms with Crippen LogP contribution < -0.4 is 10.6 Å². The molecule has 0 aliphatic heterocycles. The van der Waals surface area contributed by atoms with E-state index in [1.165, 1.54) is 11.8 Å². The van der Waals surface area contributed by atoms with Crippen molar-refractivity contribution in [2.75, 3.05) is 26.0 Å². The summed E-state index contributed by atoms with van der Waals surface area (Å²) in [7, 11) is 1.52. The van der Waals surface area contributed by atoms with E-state index in [1.807, 2.05) is 0 Å². The van der Waals surface area contributed by atoms with Gasteiger partial charge in [-0.15, -0.1) is 5.10 Å². The first-order valence-electron chi connectivity index (χ1n) is 6.84. The molecule has 1 aromatic carbocycles. The number of urea groups is 1. The first-order valence-corrected chi connectivity index (χ1v) is 8.20. The van der Waals surface area contributed by atoms with Gasteiger partial charge in [-0.1, -0.05) is 23.4 Å². The van der Waals surface area contributed by atoms with E-state index in [4.69, 9.17) is 16.3 Å². The van der Waals surface area contributed by atoms with Crippen LogP contribution in [0, 0.1) is 0 Å². The number of nitrogens with one attached hydrogen (secondary N) is 2. The predicted octanol–water partition coefficient (Wildman–Crippen LogP) is 0.880. The van der Waals surface area contributed by atoms with E-state index in [-0.39, 0.29) is 5.75 Å². The molecule has 0 saturated carbocycles. The lowest BCUT2D eigenvalue weighted by Gasteiger charge is -2.06. The highest BCUT2D eigenvalue weighted by molar-refractivity contribution is 7.99. The number of amides is 3. The van der Waals surface area contributed by atoms with Crippen molar-refractivity contribution in [2.45, 2.75) is 5.16 Å². The van der Waals surface area contributed by atoms with Crippen molar-refractivity contribution >= 4 is 35.3 Å². The number of benzene rings is 1. The van der Waals surface area contributed by atoms with E-state index in [0.29, 0.717) is 29.0 Å². The third-order valence-corrected chi connectivity index (χ3v) is 3.86. The summed E-state index contributed by atoms with van der Waals surface area (Å²) in [6.45, 7) is 0.684. The minimum absolute atomic E-state index is 0.00827. The lowest BCUT2D eigenvalue weighted by molar-refractivity contribution is -0.117. The zero-order valence-corrected chi connectivity index (χ0v) is 14.3. The molecule has 0 saturated heterocycles. The maximum Gasteiger partial charge on any atom is 0.321 e. The van der Waals surface area contributed by atoms with Crippen LogP contribution >= 0.6 is 23.4 Å². The second-order valence-corrected chi connectivity index (χ2v) is 5.81. The zero-order chi connectivity index (χ0) is 17.4. The Morgan fingerprint density at radius 2 is 2.08 bits per heavy atom. The van der Waals surface area contributed by atoms with E-state index < -0.39 is 11.9 Å². The Balaban J connectivity index is 1.86. The minimum atomic E-state index is -0.574. The number of aromatic nitrogens is 4. The number of ether oxygens (including phenoxy) is 1. The molecule has 0 bridgehead atoms. The summed E-state index contributed by atoms with van der Waals surface area (Å²) in [6.07, 6.45) is 0. The van der Waals surface area contributed by atoms with E-state index in [0.717, 1.165) is 11.8 Å². The number of nitrogens with zero attached hydrogens (tertiary/aromatic N) is 4. The van der Waals surface area contributed by atoms with E-state index >= 15 is 0 Å². The maximum absolute atomic E-state index is 11.8. The largest absolute Gasteiger partial charge is 0.383 e. The van der Waals surface area contributed by atoms with Gasteiger partial charge in [-0.05, 0) is 34.7 Å². The molecule has 0 aliphatic carbocycles. The molecular weight excluding hydrogens is 356 g/mol. The van der Waals surface area contributed by atoms with E-state index in [1.54, 1.807) is 24.3 Å². The molecule has 24 heavy (non-hydrogen) atoms. The minimum Gasteiger partial charge on any atom is -0.383 e. The van der Waals surface area contributed by atoms with Crippen molar-refractivity contribution in [3.05, 3.63) is 29.3 Å². The van der Waals surface area contributed by atoms with Crippen LogP contribution in [0.2, 0.25) is 5.02 Å². The molecule has 3 amide bonds. The van der Waals surface area contributed by atoms with Crippen LogP contribution in [0.1, 0.15) is 0 Å². The first-order chi connectivity index (χ1) is 11.6. The SMILES string of the molecule is COCCNC(=O)NC(=O)CSc1nnnn1-c1ccc(Cl)cc1. The molecule has 9 nitrogen and oxygen atoms in total. The number of carbonyl (C=O) groups is 2. The summed E-state index contributed by atoms with van der Waals surface area (Å²) in [5.41, 5.74) is 0.713. The summed E-state index contributed by atoms with van der Waals surface area (Å²) in [4.78, 5) is 23.2. The van der Waals surface area contributed by atoms with Crippen LogP contribution in [0.3, 0.4) is 0 Å². The molecule has 128 valence electrons. The smallest absolute Gasteiger partial charge is 0.321 e. The van der Waals surface area contributed by atoms with Crippen molar-refractivity contribution in [1.82, 2.24) is 30.8 Å². The number of tetrazole rings is 1. The molecule has 2 aromatic rings. The molecule has 0 unspecified atom stereocenters. The van der Waals surface area contributed by atoms with E-state index in [2.05, 4.69) is 26.2 Å². The van der Waals surface area contributed by atoms with Gasteiger partial charge in [-0.3, -0.25) is 10.1 Å². The highest BCUT2D eigenvalue weighted by atomic mass is 35.5. The van der Waals surface area contributed by atoms with Crippen LogP contribution in [0.15, 0.2) is 29.4 Å². The summed E-state index contributed by atoms with van der Waals surface area (Å²) >= 11 is 6.95. The Kier molecular flexibility index (Phi) is 6.97. The third kappa shape index (κ3) is 5.48. The molecule has 11 heteroatoms. The Bertz CT molecular complexity index is 693. The summed E-state index contributed by atoms with van der Waals surface area (Å²) in [5, 5.41) is 17.0. The molecule has 2 N–H and O–H groups in total. The monoisotopic (exact) mass is 370 g/mol. The molecular formula is C13H15ClN6O3S. The second kappa shape index (κ2) is 9.21. The summed E-state index contributed by atoms with van der Waals surface area (Å²) in [5.74, 6) is -0.466. The Morgan fingerprint density at radius 1 is 1.33 bits per heavy atom. The Hall–Kier alpha value is -2.17. The van der Waals surface area contributed by atoms with Gasteiger partial charge >= 0.3 is 6.03 Å². The predicted molar refractivity (Wildman–Crippen MR) is 88.3 cm³/mol. The number of hydrogen-bond acceptors (Lipinski definition) is 7. The molecule has 1 aromatic heterocycles. The van der Waals surface area contributed by atoms with Gasteiger partial charge in [-0.2, -0.15) is 4.68 Å². The van der Waals surface area contributed by atoms with Gasteiger partial charge in [0.2, 0.25) is 11.1 Å². The molecule has 0 fully saturated rings. The fraction of sp³-hybridized carbons (Fsp3) is 0.308. The Labute approximate surface area is 147 Å². The van der Waals surface area contributed by atoms with Gasteiger partial charge in [0, 0.05) is 18.7 Å². The van der Waals surface area contributed by atoms with Crippen molar-refractivity contribution in [2.24, 2.45) is 0 Å². The summed E-state index contributed by atoms with van der Waals surface area (Å²) < 4.78 is 6.27. The van der Waals surface area contributed by atoms with Crippen molar-refractivity contribution in [3.8, 4) is 5.69 Å². The average molecular weight is 371 g/mol. The standard InChI is InChI=1S/C13H15ClN6O3S/c1-23-7-6-15-12(22)16-11(21)8-24-13-17-18-19-20(13)10-4-2-9(14)3-5-10/h2-5H,6-8H2,1H3,(H2,15,16,21,22). The zero-order valence-electron chi connectivity index (χ0n) is 12.7. The van der Waals surface area contributed by atoms with Gasteiger partial charge in [0.15, 0.2) is 0 Å². The normalized spacial score (nSPS) is 10.4. The first kappa shape index (κ1) is 18.2. The van der Waals surface area contributed by atoms with Crippen molar-refractivity contribution in [3.63, 3.8) is 0 Å². The molecule has 0 aliphatic rings. The molecule has 0 radical (unpaired) electrons. The number of hydrogen-bond donors (Lipinski definition) is 2.